The second-order valence-corrected chi connectivity index (χ2v) is 7.98. The van der Waals surface area contributed by atoms with Crippen molar-refractivity contribution in [3.8, 4) is 11.5 Å². The average Bonchev–Trinajstić information content (AvgIpc) is 2.83. The molecular formula is C24H28N4O4. The lowest BCUT2D eigenvalue weighted by molar-refractivity contribution is -0.127. The Morgan fingerprint density at radius 2 is 1.78 bits per heavy atom. The van der Waals surface area contributed by atoms with Gasteiger partial charge in [-0.2, -0.15) is 0 Å². The van der Waals surface area contributed by atoms with Crippen LogP contribution in [0.2, 0.25) is 0 Å². The van der Waals surface area contributed by atoms with Crippen LogP contribution in [0, 0.1) is 5.92 Å². The lowest BCUT2D eigenvalue weighted by atomic mass is 9.95. The molecule has 1 unspecified atom stereocenters. The van der Waals surface area contributed by atoms with Gasteiger partial charge in [0, 0.05) is 25.6 Å². The van der Waals surface area contributed by atoms with E-state index in [0.717, 1.165) is 10.9 Å². The number of nitrogens with one attached hydrogen (secondary N) is 1. The number of fused-ring (bicyclic) bond motifs is 1. The normalized spacial score (nSPS) is 18.8. The summed E-state index contributed by atoms with van der Waals surface area (Å²) < 4.78 is 10.6. The molecule has 1 saturated heterocycles. The molecule has 0 aromatic heterocycles. The Bertz CT molecular complexity index is 1110. The smallest absolute Gasteiger partial charge is 0.286 e. The van der Waals surface area contributed by atoms with Crippen molar-refractivity contribution in [2.75, 3.05) is 33.9 Å². The maximum atomic E-state index is 12.6. The molecule has 2 amide bonds. The topological polar surface area (TPSA) is 92.6 Å². The van der Waals surface area contributed by atoms with Gasteiger partial charge < -0.3 is 14.8 Å². The van der Waals surface area contributed by atoms with Crippen LogP contribution < -0.4 is 25.5 Å². The van der Waals surface area contributed by atoms with Crippen LogP contribution in [0.1, 0.15) is 18.4 Å². The Morgan fingerprint density at radius 1 is 1.06 bits per heavy atom. The van der Waals surface area contributed by atoms with Gasteiger partial charge in [0.05, 0.1) is 24.9 Å². The standard InChI is InChI=1S/C24H28N4O4/c1-31-20-8-7-16(15-21(20)32-2)9-12-25-23(29)17-10-13-28(14-11-17)22-24(30)27-19-6-4-3-5-18(19)26-22/h3-8,15,17,22H,9-14H2,1-2H3,(H,25,29). The number of ether oxygens (including phenoxy) is 2. The number of nitrogens with zero attached hydrogens (tertiary/aromatic N) is 3. The predicted molar refractivity (Wildman–Crippen MR) is 118 cm³/mol. The number of piperidine rings is 1. The largest absolute Gasteiger partial charge is 0.493 e. The monoisotopic (exact) mass is 436 g/mol. The van der Waals surface area contributed by atoms with E-state index in [2.05, 4.69) is 15.3 Å². The SMILES string of the molecule is COc1ccc(CCNC(=O)C2CCN(C3N=c4ccccc4=NC3=O)CC2)cc1OC. The molecule has 2 aliphatic heterocycles. The quantitative estimate of drug-likeness (QED) is 0.696. The zero-order valence-corrected chi connectivity index (χ0v) is 18.4. The number of methoxy groups -OCH3 is 2. The molecule has 1 fully saturated rings. The van der Waals surface area contributed by atoms with Gasteiger partial charge in [-0.15, -0.1) is 0 Å². The highest BCUT2D eigenvalue weighted by molar-refractivity contribution is 5.83. The fourth-order valence-corrected chi connectivity index (χ4v) is 4.19. The predicted octanol–water partition coefficient (Wildman–Crippen LogP) is 0.880. The average molecular weight is 437 g/mol. The van der Waals surface area contributed by atoms with E-state index in [1.807, 2.05) is 41.3 Å². The van der Waals surface area contributed by atoms with E-state index in [1.54, 1.807) is 20.3 Å². The zero-order chi connectivity index (χ0) is 22.5. The van der Waals surface area contributed by atoms with Crippen LogP contribution in [0.25, 0.3) is 0 Å². The van der Waals surface area contributed by atoms with Crippen molar-refractivity contribution in [2.45, 2.75) is 25.4 Å². The molecule has 8 heteroatoms. The number of hydrogen-bond acceptors (Lipinski definition) is 6. The summed E-state index contributed by atoms with van der Waals surface area (Å²) in [4.78, 5) is 35.9. The van der Waals surface area contributed by atoms with Crippen molar-refractivity contribution < 1.29 is 19.1 Å². The van der Waals surface area contributed by atoms with Crippen molar-refractivity contribution in [3.63, 3.8) is 0 Å². The van der Waals surface area contributed by atoms with Crippen molar-refractivity contribution in [3.05, 3.63) is 58.7 Å². The number of carbonyl (C=O) groups is 2. The molecule has 0 bridgehead atoms. The van der Waals surface area contributed by atoms with Gasteiger partial charge in [-0.3, -0.25) is 19.5 Å². The second kappa shape index (κ2) is 9.91. The molecule has 2 aromatic rings. The molecule has 8 nitrogen and oxygen atoms in total. The van der Waals surface area contributed by atoms with Gasteiger partial charge in [-0.1, -0.05) is 18.2 Å². The van der Waals surface area contributed by atoms with Crippen molar-refractivity contribution in [2.24, 2.45) is 15.9 Å². The minimum atomic E-state index is -0.584. The van der Waals surface area contributed by atoms with Gasteiger partial charge >= 0.3 is 0 Å². The van der Waals surface area contributed by atoms with Crippen LogP contribution in [0.4, 0.5) is 0 Å². The Labute approximate surface area is 187 Å². The summed E-state index contributed by atoms with van der Waals surface area (Å²) in [6, 6.07) is 13.2. The van der Waals surface area contributed by atoms with E-state index in [9.17, 15) is 9.59 Å². The molecule has 0 radical (unpaired) electrons. The van der Waals surface area contributed by atoms with Gasteiger partial charge in [0.1, 0.15) is 0 Å². The fraction of sp³-hybridized carbons (Fsp3) is 0.417. The lowest BCUT2D eigenvalue weighted by Crippen LogP contribution is -2.50. The summed E-state index contributed by atoms with van der Waals surface area (Å²) >= 11 is 0. The summed E-state index contributed by atoms with van der Waals surface area (Å²) in [5.41, 5.74) is 1.07. The second-order valence-electron chi connectivity index (χ2n) is 7.98. The van der Waals surface area contributed by atoms with Crippen molar-refractivity contribution in [1.82, 2.24) is 10.2 Å². The maximum Gasteiger partial charge on any atom is 0.286 e. The first kappa shape index (κ1) is 22.0. The van der Waals surface area contributed by atoms with E-state index in [-0.39, 0.29) is 17.7 Å². The van der Waals surface area contributed by atoms with Gasteiger partial charge in [0.2, 0.25) is 5.91 Å². The van der Waals surface area contributed by atoms with E-state index in [1.165, 1.54) is 0 Å². The third-order valence-corrected chi connectivity index (χ3v) is 6.00. The molecule has 1 atom stereocenters. The molecule has 2 aromatic carbocycles. The van der Waals surface area contributed by atoms with E-state index in [0.29, 0.717) is 55.8 Å². The molecule has 0 spiro atoms. The molecule has 2 aliphatic rings. The Hall–Kier alpha value is -3.26. The molecule has 1 N–H and O–H groups in total. The highest BCUT2D eigenvalue weighted by Gasteiger charge is 2.32. The number of para-hydroxylation sites is 2. The third kappa shape index (κ3) is 4.80. The first-order valence-corrected chi connectivity index (χ1v) is 10.9. The molecule has 0 saturated carbocycles. The number of benzene rings is 2. The molecular weight excluding hydrogens is 408 g/mol. The molecule has 4 rings (SSSR count). The summed E-state index contributed by atoms with van der Waals surface area (Å²) in [6.07, 6.45) is 1.52. The van der Waals surface area contributed by atoms with Crippen LogP contribution >= 0.6 is 0 Å². The Kier molecular flexibility index (Phi) is 6.80. The van der Waals surface area contributed by atoms with E-state index >= 15 is 0 Å². The van der Waals surface area contributed by atoms with E-state index in [4.69, 9.17) is 9.47 Å². The van der Waals surface area contributed by atoms with Crippen LogP contribution in [-0.4, -0.2) is 56.7 Å². The highest BCUT2D eigenvalue weighted by atomic mass is 16.5. The minimum absolute atomic E-state index is 0.0560. The number of hydrogen-bond donors (Lipinski definition) is 1. The maximum absolute atomic E-state index is 12.6. The summed E-state index contributed by atoms with van der Waals surface area (Å²) in [5.74, 6) is 1.14. The Morgan fingerprint density at radius 3 is 2.50 bits per heavy atom. The van der Waals surface area contributed by atoms with Crippen LogP contribution in [0.15, 0.2) is 52.4 Å². The van der Waals surface area contributed by atoms with Gasteiger partial charge in [0.15, 0.2) is 17.7 Å². The number of amides is 2. The van der Waals surface area contributed by atoms with Crippen molar-refractivity contribution >= 4 is 11.8 Å². The van der Waals surface area contributed by atoms with Crippen LogP contribution in [-0.2, 0) is 16.0 Å². The van der Waals surface area contributed by atoms with Gasteiger partial charge in [0.25, 0.3) is 5.91 Å². The molecule has 2 heterocycles. The zero-order valence-electron chi connectivity index (χ0n) is 18.4. The molecule has 168 valence electrons. The van der Waals surface area contributed by atoms with Gasteiger partial charge in [-0.25, -0.2) is 4.99 Å². The first-order valence-electron chi connectivity index (χ1n) is 10.9. The summed E-state index contributed by atoms with van der Waals surface area (Å²) in [7, 11) is 3.21. The van der Waals surface area contributed by atoms with Crippen molar-refractivity contribution in [1.29, 1.82) is 0 Å². The fourth-order valence-electron chi connectivity index (χ4n) is 4.19. The number of carbonyl (C=O) groups excluding carboxylic acids is 2. The summed E-state index contributed by atoms with van der Waals surface area (Å²) in [5, 5.41) is 4.41. The molecule has 0 aliphatic carbocycles. The number of rotatable bonds is 7. The summed E-state index contributed by atoms with van der Waals surface area (Å²) in [6.45, 7) is 1.84. The highest BCUT2D eigenvalue weighted by Crippen LogP contribution is 2.27. The first-order chi connectivity index (χ1) is 15.6. The van der Waals surface area contributed by atoms with Crippen LogP contribution in [0.3, 0.4) is 0 Å². The van der Waals surface area contributed by atoms with Crippen LogP contribution in [0.5, 0.6) is 11.5 Å². The minimum Gasteiger partial charge on any atom is -0.493 e. The lowest BCUT2D eigenvalue weighted by Gasteiger charge is -2.34. The number of likely N-dealkylation sites (tertiary alicyclic amines) is 1. The molecule has 32 heavy (non-hydrogen) atoms. The third-order valence-electron chi connectivity index (χ3n) is 6.00. The Balaban J connectivity index is 1.27. The van der Waals surface area contributed by atoms with E-state index < -0.39 is 6.17 Å². The van der Waals surface area contributed by atoms with Gasteiger partial charge in [-0.05, 0) is 49.1 Å².